The number of methoxy groups -OCH3 is 1. The maximum absolute atomic E-state index is 13.4. The molecule has 1 N–H and O–H groups in total. The Bertz CT molecular complexity index is 974. The fourth-order valence-corrected chi connectivity index (χ4v) is 8.32. The van der Waals surface area contributed by atoms with Gasteiger partial charge in [-0.2, -0.15) is 0 Å². The highest BCUT2D eigenvalue weighted by Crippen LogP contribution is 2.65. The van der Waals surface area contributed by atoms with Crippen LogP contribution in [0.5, 0.6) is 5.75 Å². The van der Waals surface area contributed by atoms with Crippen LogP contribution in [0.3, 0.4) is 0 Å². The zero-order valence-electron chi connectivity index (χ0n) is 20.5. The van der Waals surface area contributed by atoms with Gasteiger partial charge in [0.15, 0.2) is 0 Å². The average molecular weight is 451 g/mol. The van der Waals surface area contributed by atoms with E-state index in [0.717, 1.165) is 43.4 Å². The van der Waals surface area contributed by atoms with Gasteiger partial charge < -0.3 is 15.0 Å². The van der Waals surface area contributed by atoms with E-state index in [1.54, 1.807) is 13.2 Å². The van der Waals surface area contributed by atoms with E-state index < -0.39 is 0 Å². The molecule has 5 heteroatoms. The van der Waals surface area contributed by atoms with Crippen molar-refractivity contribution in [3.63, 3.8) is 0 Å². The van der Waals surface area contributed by atoms with Gasteiger partial charge in [-0.25, -0.2) is 0 Å². The zero-order valence-corrected chi connectivity index (χ0v) is 20.5. The van der Waals surface area contributed by atoms with E-state index in [-0.39, 0.29) is 28.6 Å². The Hall–Kier alpha value is -2.30. The number of carbonyl (C=O) groups excluding carboxylic acids is 2. The molecule has 0 saturated heterocycles. The summed E-state index contributed by atoms with van der Waals surface area (Å²) < 4.78 is 5.45. The van der Waals surface area contributed by atoms with Crippen molar-refractivity contribution in [1.82, 2.24) is 10.2 Å². The lowest BCUT2D eigenvalue weighted by molar-refractivity contribution is -0.142. The maximum atomic E-state index is 13.4. The molecule has 1 aromatic rings. The molecular weight excluding hydrogens is 412 g/mol. The van der Waals surface area contributed by atoms with Crippen molar-refractivity contribution in [2.24, 2.45) is 34.5 Å². The first kappa shape index (κ1) is 22.5. The van der Waals surface area contributed by atoms with Crippen molar-refractivity contribution in [2.45, 2.75) is 65.0 Å². The number of carbonyl (C=O) groups is 2. The molecule has 3 aliphatic carbocycles. The summed E-state index contributed by atoms with van der Waals surface area (Å²) in [5, 5.41) is 3.24. The van der Waals surface area contributed by atoms with Gasteiger partial charge in [-0.15, -0.1) is 0 Å². The second-order valence-electron chi connectivity index (χ2n) is 11.3. The van der Waals surface area contributed by atoms with E-state index in [1.165, 1.54) is 6.42 Å². The van der Waals surface area contributed by atoms with Crippen LogP contribution in [-0.2, 0) is 16.1 Å². The van der Waals surface area contributed by atoms with Gasteiger partial charge in [0, 0.05) is 36.5 Å². The lowest BCUT2D eigenvalue weighted by atomic mass is 9.47. The largest absolute Gasteiger partial charge is 0.496 e. The van der Waals surface area contributed by atoms with Crippen LogP contribution >= 0.6 is 0 Å². The number of ether oxygens (including phenoxy) is 1. The summed E-state index contributed by atoms with van der Waals surface area (Å²) in [4.78, 5) is 27.7. The molecule has 0 radical (unpaired) electrons. The van der Waals surface area contributed by atoms with Crippen LogP contribution < -0.4 is 10.1 Å². The summed E-state index contributed by atoms with van der Waals surface area (Å²) in [6.45, 7) is 5.27. The third kappa shape index (κ3) is 3.41. The number of fused-ring (bicyclic) bond motifs is 5. The van der Waals surface area contributed by atoms with Gasteiger partial charge in [0.25, 0.3) is 0 Å². The Morgan fingerprint density at radius 1 is 1.12 bits per heavy atom. The zero-order chi connectivity index (χ0) is 23.4. The molecule has 1 aliphatic heterocycles. The van der Waals surface area contributed by atoms with E-state index in [4.69, 9.17) is 4.74 Å². The van der Waals surface area contributed by atoms with E-state index >= 15 is 0 Å². The monoisotopic (exact) mass is 450 g/mol. The van der Waals surface area contributed by atoms with Crippen molar-refractivity contribution in [1.29, 1.82) is 0 Å². The van der Waals surface area contributed by atoms with Crippen LogP contribution in [0.15, 0.2) is 36.4 Å². The van der Waals surface area contributed by atoms with Crippen molar-refractivity contribution in [3.8, 4) is 5.75 Å². The quantitative estimate of drug-likeness (QED) is 0.731. The first-order valence-corrected chi connectivity index (χ1v) is 12.6. The Balaban J connectivity index is 1.32. The van der Waals surface area contributed by atoms with Gasteiger partial charge in [0.05, 0.1) is 7.11 Å². The number of rotatable bonds is 4. The third-order valence-electron chi connectivity index (χ3n) is 10.1. The summed E-state index contributed by atoms with van der Waals surface area (Å²) in [6, 6.07) is 8.20. The minimum atomic E-state index is 0.0527. The van der Waals surface area contributed by atoms with Crippen LogP contribution in [-0.4, -0.2) is 36.9 Å². The molecule has 3 saturated carbocycles. The third-order valence-corrected chi connectivity index (χ3v) is 10.1. The topological polar surface area (TPSA) is 58.6 Å². The molecule has 0 aromatic heterocycles. The molecule has 2 amide bonds. The highest BCUT2D eigenvalue weighted by molar-refractivity contribution is 5.89. The Morgan fingerprint density at radius 2 is 1.91 bits per heavy atom. The smallest absolute Gasteiger partial charge is 0.246 e. The minimum absolute atomic E-state index is 0.0527. The minimum Gasteiger partial charge on any atom is -0.496 e. The number of hydrogen-bond acceptors (Lipinski definition) is 3. The Kier molecular flexibility index (Phi) is 5.57. The Morgan fingerprint density at radius 3 is 2.70 bits per heavy atom. The fourth-order valence-electron chi connectivity index (χ4n) is 8.32. The van der Waals surface area contributed by atoms with Gasteiger partial charge in [-0.3, -0.25) is 9.59 Å². The second-order valence-corrected chi connectivity index (χ2v) is 11.3. The predicted octanol–water partition coefficient (Wildman–Crippen LogP) is 4.57. The molecule has 0 unspecified atom stereocenters. The second kappa shape index (κ2) is 8.18. The van der Waals surface area contributed by atoms with E-state index in [1.807, 2.05) is 36.2 Å². The summed E-state index contributed by atoms with van der Waals surface area (Å²) in [5.41, 5.74) is 1.14. The maximum Gasteiger partial charge on any atom is 0.246 e. The number of nitrogens with zero attached hydrogens (tertiary/aromatic N) is 1. The molecule has 1 aromatic carbocycles. The molecule has 7 atom stereocenters. The first-order valence-electron chi connectivity index (χ1n) is 12.6. The fraction of sp³-hybridized carbons (Fsp3) is 0.643. The average Bonchev–Trinajstić information content (AvgIpc) is 3.17. The predicted molar refractivity (Wildman–Crippen MR) is 128 cm³/mol. The summed E-state index contributed by atoms with van der Waals surface area (Å²) in [6.07, 6.45) is 10.6. The van der Waals surface area contributed by atoms with Crippen LogP contribution in [0.4, 0.5) is 0 Å². The van der Waals surface area contributed by atoms with Crippen molar-refractivity contribution < 1.29 is 14.3 Å². The number of likely N-dealkylation sites (N-methyl/N-ethyl adjacent to an activating group) is 1. The highest BCUT2D eigenvalue weighted by atomic mass is 16.5. The highest BCUT2D eigenvalue weighted by Gasteiger charge is 2.61. The van der Waals surface area contributed by atoms with E-state index in [9.17, 15) is 9.59 Å². The molecule has 5 rings (SSSR count). The molecule has 3 fully saturated rings. The van der Waals surface area contributed by atoms with E-state index in [2.05, 4.69) is 25.2 Å². The van der Waals surface area contributed by atoms with Crippen molar-refractivity contribution >= 4 is 11.8 Å². The van der Waals surface area contributed by atoms with Gasteiger partial charge in [-0.05, 0) is 73.8 Å². The first-order chi connectivity index (χ1) is 15.8. The number of hydrogen-bond donors (Lipinski definition) is 1. The van der Waals surface area contributed by atoms with Gasteiger partial charge in [-0.1, -0.05) is 38.1 Å². The standard InChI is InChI=1S/C28H38N2O3/c1-27-15-13-21-19(9-12-24-28(21,2)16-14-25(31)30(24)3)20(27)10-11-22(27)26(32)29-17-18-7-5-6-8-23(18)33-4/h5-8,14,16,19-22,24H,9-13,15,17H2,1-4H3,(H,29,32)/t19-,20-,21-,22+,24+,27-,28+/m0/s1. The SMILES string of the molecule is COc1ccccc1CNC(=O)[C@H]1CC[C@H]2[C@@H]3CC[C@H]4N(C)C(=O)C=C[C@]4(C)[C@H]3CC[C@]12C. The molecule has 0 spiro atoms. The number of amides is 2. The van der Waals surface area contributed by atoms with Gasteiger partial charge >= 0.3 is 0 Å². The van der Waals surface area contributed by atoms with Crippen LogP contribution in [0.2, 0.25) is 0 Å². The lowest BCUT2D eigenvalue weighted by Crippen LogP contribution is -2.59. The molecular formula is C28H38N2O3. The molecule has 5 nitrogen and oxygen atoms in total. The normalized spacial score (nSPS) is 39.5. The lowest BCUT2D eigenvalue weighted by Gasteiger charge is -2.60. The van der Waals surface area contributed by atoms with Crippen LogP contribution in [0.1, 0.15) is 57.9 Å². The number of benzene rings is 1. The molecule has 0 bridgehead atoms. The van der Waals surface area contributed by atoms with Crippen LogP contribution in [0, 0.1) is 34.5 Å². The molecule has 1 heterocycles. The van der Waals surface area contributed by atoms with Crippen LogP contribution in [0.25, 0.3) is 0 Å². The molecule has 4 aliphatic rings. The van der Waals surface area contributed by atoms with Gasteiger partial charge in [0.1, 0.15) is 5.75 Å². The summed E-state index contributed by atoms with van der Waals surface area (Å²) in [5.74, 6) is 3.07. The summed E-state index contributed by atoms with van der Waals surface area (Å²) >= 11 is 0. The van der Waals surface area contributed by atoms with Crippen molar-refractivity contribution in [2.75, 3.05) is 14.2 Å². The number of nitrogens with one attached hydrogen (secondary N) is 1. The van der Waals surface area contributed by atoms with E-state index in [0.29, 0.717) is 30.3 Å². The van der Waals surface area contributed by atoms with Crippen molar-refractivity contribution in [3.05, 3.63) is 42.0 Å². The Labute approximate surface area is 197 Å². The molecule has 33 heavy (non-hydrogen) atoms. The summed E-state index contributed by atoms with van der Waals surface area (Å²) in [7, 11) is 3.64. The van der Waals surface area contributed by atoms with Gasteiger partial charge in [0.2, 0.25) is 11.8 Å². The number of para-hydroxylation sites is 1. The molecule has 178 valence electrons.